The fraction of sp³-hybridized carbons (Fsp3) is 0.182. The summed E-state index contributed by atoms with van der Waals surface area (Å²) in [5, 5.41) is 4.91. The molecule has 3 aromatic rings. The number of carbonyl (C=O) groups is 2. The molecule has 6 heteroatoms. The number of nitrogens with zero attached hydrogens (tertiary/aromatic N) is 1. The van der Waals surface area contributed by atoms with Crippen LogP contribution in [0, 0.1) is 5.82 Å². The third-order valence-corrected chi connectivity index (χ3v) is 5.66. The van der Waals surface area contributed by atoms with E-state index in [1.807, 2.05) is 35.7 Å². The van der Waals surface area contributed by atoms with Crippen molar-refractivity contribution in [2.45, 2.75) is 19.4 Å². The predicted octanol–water partition coefficient (Wildman–Crippen LogP) is 3.95. The molecule has 1 aliphatic heterocycles. The highest BCUT2D eigenvalue weighted by molar-refractivity contribution is 7.10. The van der Waals surface area contributed by atoms with Gasteiger partial charge in [-0.3, -0.25) is 9.59 Å². The number of hydrogen-bond acceptors (Lipinski definition) is 3. The van der Waals surface area contributed by atoms with Gasteiger partial charge in [0.25, 0.3) is 5.91 Å². The zero-order chi connectivity index (χ0) is 19.5. The maximum absolute atomic E-state index is 13.1. The van der Waals surface area contributed by atoms with Gasteiger partial charge >= 0.3 is 0 Å². The van der Waals surface area contributed by atoms with Gasteiger partial charge in [0.15, 0.2) is 0 Å². The molecule has 142 valence electrons. The number of amides is 2. The average molecular weight is 394 g/mol. The first-order valence-corrected chi connectivity index (χ1v) is 9.96. The van der Waals surface area contributed by atoms with E-state index < -0.39 is 0 Å². The summed E-state index contributed by atoms with van der Waals surface area (Å²) in [4.78, 5) is 27.5. The number of thiophene rings is 1. The summed E-state index contributed by atoms with van der Waals surface area (Å²) in [6, 6.07) is 15.4. The maximum Gasteiger partial charge on any atom is 0.258 e. The molecule has 0 radical (unpaired) electrons. The first-order chi connectivity index (χ1) is 13.6. The van der Waals surface area contributed by atoms with E-state index in [1.165, 1.54) is 24.3 Å². The lowest BCUT2D eigenvalue weighted by atomic mass is 10.1. The molecular formula is C22H19FN2O2S. The molecule has 0 saturated carbocycles. The summed E-state index contributed by atoms with van der Waals surface area (Å²) in [6.07, 6.45) is 1.15. The highest BCUT2D eigenvalue weighted by atomic mass is 32.1. The fourth-order valence-corrected chi connectivity index (χ4v) is 4.06. The molecule has 4 rings (SSSR count). The molecule has 0 fully saturated rings. The van der Waals surface area contributed by atoms with E-state index in [0.717, 1.165) is 28.1 Å². The molecule has 0 aliphatic carbocycles. The summed E-state index contributed by atoms with van der Waals surface area (Å²) in [7, 11) is 0. The minimum atomic E-state index is -0.357. The van der Waals surface area contributed by atoms with Crippen molar-refractivity contribution >= 4 is 28.8 Å². The highest BCUT2D eigenvalue weighted by Crippen LogP contribution is 2.30. The number of rotatable bonds is 5. The Bertz CT molecular complexity index is 1000. The highest BCUT2D eigenvalue weighted by Gasteiger charge is 2.25. The Morgan fingerprint density at radius 3 is 2.68 bits per heavy atom. The summed E-state index contributed by atoms with van der Waals surface area (Å²) in [5.74, 6) is -0.490. The topological polar surface area (TPSA) is 49.4 Å². The van der Waals surface area contributed by atoms with E-state index in [4.69, 9.17) is 0 Å². The van der Waals surface area contributed by atoms with E-state index >= 15 is 0 Å². The van der Waals surface area contributed by atoms with Gasteiger partial charge < -0.3 is 10.2 Å². The summed E-state index contributed by atoms with van der Waals surface area (Å²) >= 11 is 1.57. The molecule has 0 unspecified atom stereocenters. The molecule has 28 heavy (non-hydrogen) atoms. The van der Waals surface area contributed by atoms with Crippen LogP contribution in [0.1, 0.15) is 26.4 Å². The molecule has 0 atom stereocenters. The van der Waals surface area contributed by atoms with E-state index in [2.05, 4.69) is 5.32 Å². The Morgan fingerprint density at radius 1 is 1.11 bits per heavy atom. The Labute approximate surface area is 166 Å². The average Bonchev–Trinajstić information content (AvgIpc) is 3.35. The van der Waals surface area contributed by atoms with Crippen LogP contribution in [0.3, 0.4) is 0 Å². The lowest BCUT2D eigenvalue weighted by molar-refractivity contribution is -0.120. The SMILES string of the molecule is O=C(Cc1cccs1)NCc1ccc2c(c1)CCN2C(=O)c1ccc(F)cc1. The van der Waals surface area contributed by atoms with Gasteiger partial charge in [-0.15, -0.1) is 11.3 Å². The minimum Gasteiger partial charge on any atom is -0.352 e. The zero-order valence-corrected chi connectivity index (χ0v) is 16.0. The largest absolute Gasteiger partial charge is 0.352 e. The normalized spacial score (nSPS) is 12.7. The lowest BCUT2D eigenvalue weighted by Gasteiger charge is -2.17. The number of halogens is 1. The molecule has 4 nitrogen and oxygen atoms in total. The number of fused-ring (bicyclic) bond motifs is 1. The molecule has 1 aromatic heterocycles. The van der Waals surface area contributed by atoms with Crippen LogP contribution in [-0.4, -0.2) is 18.4 Å². The third-order valence-electron chi connectivity index (χ3n) is 4.78. The molecule has 2 heterocycles. The van der Waals surface area contributed by atoms with Crippen molar-refractivity contribution in [2.24, 2.45) is 0 Å². The van der Waals surface area contributed by atoms with Crippen LogP contribution < -0.4 is 10.2 Å². The molecular weight excluding hydrogens is 375 g/mol. The van der Waals surface area contributed by atoms with Gasteiger partial charge in [0.1, 0.15) is 5.82 Å². The van der Waals surface area contributed by atoms with E-state index in [1.54, 1.807) is 16.2 Å². The number of nitrogens with one attached hydrogen (secondary N) is 1. The zero-order valence-electron chi connectivity index (χ0n) is 15.2. The Hall–Kier alpha value is -2.99. The molecule has 0 bridgehead atoms. The standard InChI is InChI=1S/C22H19FN2O2S/c23-18-6-4-16(5-7-18)22(27)25-10-9-17-12-15(3-8-20(17)25)14-24-21(26)13-19-2-1-11-28-19/h1-8,11-12H,9-10,13-14H2,(H,24,26). The second-order valence-electron chi connectivity index (χ2n) is 6.71. The number of hydrogen-bond donors (Lipinski definition) is 1. The summed E-state index contributed by atoms with van der Waals surface area (Å²) in [6.45, 7) is 1.06. The van der Waals surface area contributed by atoms with E-state index in [9.17, 15) is 14.0 Å². The fourth-order valence-electron chi connectivity index (χ4n) is 3.36. The predicted molar refractivity (Wildman–Crippen MR) is 108 cm³/mol. The molecule has 1 aliphatic rings. The first kappa shape index (κ1) is 18.4. The van der Waals surface area contributed by atoms with Gasteiger partial charge in [-0.2, -0.15) is 0 Å². The summed E-state index contributed by atoms with van der Waals surface area (Å²) in [5.41, 5.74) is 3.44. The lowest BCUT2D eigenvalue weighted by Crippen LogP contribution is -2.28. The molecule has 0 spiro atoms. The maximum atomic E-state index is 13.1. The van der Waals surface area contributed by atoms with Gasteiger partial charge in [0.2, 0.25) is 5.91 Å². The smallest absolute Gasteiger partial charge is 0.258 e. The molecule has 0 saturated heterocycles. The van der Waals surface area contributed by atoms with Crippen molar-refractivity contribution < 1.29 is 14.0 Å². The Morgan fingerprint density at radius 2 is 1.93 bits per heavy atom. The van der Waals surface area contributed by atoms with Crippen LogP contribution in [0.2, 0.25) is 0 Å². The van der Waals surface area contributed by atoms with Crippen LogP contribution >= 0.6 is 11.3 Å². The van der Waals surface area contributed by atoms with Crippen molar-refractivity contribution in [1.29, 1.82) is 0 Å². The van der Waals surface area contributed by atoms with Gasteiger partial charge in [-0.25, -0.2) is 4.39 Å². The first-order valence-electron chi connectivity index (χ1n) is 9.08. The molecule has 2 amide bonds. The second-order valence-corrected chi connectivity index (χ2v) is 7.74. The van der Waals surface area contributed by atoms with Crippen LogP contribution in [0.5, 0.6) is 0 Å². The Balaban J connectivity index is 1.41. The van der Waals surface area contributed by atoms with Gasteiger partial charge in [0.05, 0.1) is 6.42 Å². The van der Waals surface area contributed by atoms with Crippen LogP contribution in [0.25, 0.3) is 0 Å². The van der Waals surface area contributed by atoms with Gasteiger partial charge in [-0.05, 0) is 59.3 Å². The number of benzene rings is 2. The van der Waals surface area contributed by atoms with Gasteiger partial charge in [-0.1, -0.05) is 18.2 Å². The van der Waals surface area contributed by atoms with Crippen LogP contribution in [-0.2, 0) is 24.2 Å². The second kappa shape index (κ2) is 7.94. The van der Waals surface area contributed by atoms with E-state index in [0.29, 0.717) is 25.1 Å². The van der Waals surface area contributed by atoms with Crippen molar-refractivity contribution in [3.8, 4) is 0 Å². The van der Waals surface area contributed by atoms with Crippen molar-refractivity contribution in [3.63, 3.8) is 0 Å². The number of carbonyl (C=O) groups excluding carboxylic acids is 2. The van der Waals surface area contributed by atoms with Gasteiger partial charge in [0, 0.05) is 29.2 Å². The molecule has 2 aromatic carbocycles. The number of anilines is 1. The quantitative estimate of drug-likeness (QED) is 0.712. The van der Waals surface area contributed by atoms with Crippen molar-refractivity contribution in [1.82, 2.24) is 5.32 Å². The van der Waals surface area contributed by atoms with Crippen molar-refractivity contribution in [3.05, 3.63) is 87.4 Å². The minimum absolute atomic E-state index is 0.00365. The van der Waals surface area contributed by atoms with Crippen LogP contribution in [0.4, 0.5) is 10.1 Å². The van der Waals surface area contributed by atoms with Crippen molar-refractivity contribution in [2.75, 3.05) is 11.4 Å². The molecule has 1 N–H and O–H groups in total. The summed E-state index contributed by atoms with van der Waals surface area (Å²) < 4.78 is 13.1. The monoisotopic (exact) mass is 394 g/mol. The third kappa shape index (κ3) is 3.97. The Kier molecular flexibility index (Phi) is 5.21. The van der Waals surface area contributed by atoms with Crippen LogP contribution in [0.15, 0.2) is 60.0 Å². The van der Waals surface area contributed by atoms with E-state index in [-0.39, 0.29) is 17.6 Å².